The summed E-state index contributed by atoms with van der Waals surface area (Å²) < 4.78 is 18.2. The Balaban J connectivity index is 0.000000172. The van der Waals surface area contributed by atoms with Gasteiger partial charge in [-0.3, -0.25) is 19.4 Å². The van der Waals surface area contributed by atoms with Crippen molar-refractivity contribution in [3.8, 4) is 11.5 Å². The lowest BCUT2D eigenvalue weighted by molar-refractivity contribution is -0.150. The van der Waals surface area contributed by atoms with E-state index in [4.69, 9.17) is 14.2 Å². The molecule has 1 N–H and O–H groups in total. The molecule has 6 fully saturated rings. The average Bonchev–Trinajstić information content (AvgIpc) is 3.31. The Hall–Kier alpha value is -4.14. The Morgan fingerprint density at radius 1 is 0.536 bits per heavy atom. The number of esters is 1. The smallest absolute Gasteiger partial charge is 0.308 e. The van der Waals surface area contributed by atoms with Crippen molar-refractivity contribution in [2.45, 2.75) is 207 Å². The van der Waals surface area contributed by atoms with E-state index in [0.29, 0.717) is 47.2 Å². The van der Waals surface area contributed by atoms with Crippen molar-refractivity contribution < 1.29 is 28.9 Å². The van der Waals surface area contributed by atoms with Crippen LogP contribution in [0.2, 0.25) is 0 Å². The second kappa shape index (κ2) is 21.3. The molecule has 2 saturated carbocycles. The van der Waals surface area contributed by atoms with Gasteiger partial charge in [-0.15, -0.1) is 0 Å². The van der Waals surface area contributed by atoms with Gasteiger partial charge in [-0.2, -0.15) is 0 Å². The van der Waals surface area contributed by atoms with Crippen molar-refractivity contribution in [3.05, 3.63) is 83.9 Å². The zero-order chi connectivity index (χ0) is 48.5. The van der Waals surface area contributed by atoms with Crippen LogP contribution in [-0.4, -0.2) is 70.3 Å². The predicted octanol–water partition coefficient (Wildman–Crippen LogP) is 14.2. The molecule has 0 aromatic heterocycles. The van der Waals surface area contributed by atoms with Crippen LogP contribution in [0.15, 0.2) is 72.8 Å². The second-order valence-electron chi connectivity index (χ2n) is 24.6. The third kappa shape index (κ3) is 11.8. The SMILES string of the molecule is CC(C)(C)C1CCC(Oc2cccc3cc(CN4C5CCCC4CC(C(=O)O)C5)ccc23)CC1.COC(=O)C1CC2CCCC(C1)N2Cc1ccc2c(OC3CCC(C(C)(C)C)CC3)cccc2c1. The highest BCUT2D eigenvalue weighted by Crippen LogP contribution is 2.43. The standard InChI is InChI=1S/C31H43NO3.C30H41NO3/c1-31(2,3)24-12-14-27(15-13-24)35-29-10-5-7-22-17-21(11-16-28(22)29)20-32-25-8-6-9-26(32)19-23(18-25)30(33)34-4;1-30(2,3)23-11-13-26(14-12-23)34-28-9-4-6-21-16-20(10-15-27(21)28)19-31-24-7-5-8-25(31)18-22(17-24)29(32)33/h5,7,10-11,16-17,23-27H,6,8-9,12-15,18-20H2,1-4H3;4,6,9-10,15-16,22-26H,5,7-8,11-14,17-19H2,1-3H3,(H,32,33). The fraction of sp³-hybridized carbons (Fsp3) is 0.639. The minimum atomic E-state index is -0.610. The number of benzene rings is 4. The van der Waals surface area contributed by atoms with Crippen LogP contribution in [0.3, 0.4) is 0 Å². The predicted molar refractivity (Wildman–Crippen MR) is 279 cm³/mol. The molecule has 4 aromatic rings. The molecule has 69 heavy (non-hydrogen) atoms. The molecule has 6 aliphatic rings. The number of carboxylic acid groups (broad SMARTS) is 1. The lowest BCUT2D eigenvalue weighted by Gasteiger charge is -2.48. The number of piperidine rings is 4. The van der Waals surface area contributed by atoms with E-state index in [1.165, 1.54) is 91.1 Å². The fourth-order valence-electron chi connectivity index (χ4n) is 13.9. The first-order chi connectivity index (χ1) is 33.1. The molecule has 8 nitrogen and oxygen atoms in total. The molecule has 0 amide bonds. The van der Waals surface area contributed by atoms with Crippen LogP contribution in [0.25, 0.3) is 21.5 Å². The molecule has 4 heterocycles. The van der Waals surface area contributed by atoms with Crippen LogP contribution in [0.5, 0.6) is 11.5 Å². The summed E-state index contributed by atoms with van der Waals surface area (Å²) in [6.07, 6.45) is 20.9. The Labute approximate surface area is 414 Å². The number of aliphatic carboxylic acids is 1. The Bertz CT molecular complexity index is 2360. The Morgan fingerprint density at radius 3 is 1.29 bits per heavy atom. The van der Waals surface area contributed by atoms with Crippen molar-refractivity contribution in [1.29, 1.82) is 0 Å². The fourth-order valence-corrected chi connectivity index (χ4v) is 13.9. The third-order valence-electron chi connectivity index (χ3n) is 18.1. The van der Waals surface area contributed by atoms with Crippen LogP contribution in [0.4, 0.5) is 0 Å². The first kappa shape index (κ1) is 49.8. The van der Waals surface area contributed by atoms with Gasteiger partial charge >= 0.3 is 11.9 Å². The van der Waals surface area contributed by atoms with E-state index in [-0.39, 0.29) is 17.8 Å². The molecule has 4 saturated heterocycles. The van der Waals surface area contributed by atoms with Gasteiger partial charge in [0.05, 0.1) is 31.2 Å². The van der Waals surface area contributed by atoms with Crippen LogP contribution in [-0.2, 0) is 27.4 Å². The zero-order valence-electron chi connectivity index (χ0n) is 43.2. The number of methoxy groups -OCH3 is 1. The molecule has 2 aliphatic carbocycles. The summed E-state index contributed by atoms with van der Waals surface area (Å²) >= 11 is 0. The molecule has 4 aromatic carbocycles. The molecule has 8 heteroatoms. The highest BCUT2D eigenvalue weighted by Gasteiger charge is 2.42. The normalized spacial score (nSPS) is 30.0. The first-order valence-electron chi connectivity index (χ1n) is 27.3. The summed E-state index contributed by atoms with van der Waals surface area (Å²) in [5.41, 5.74) is 3.46. The molecule has 4 bridgehead atoms. The minimum Gasteiger partial charge on any atom is -0.490 e. The lowest BCUT2D eigenvalue weighted by atomic mass is 9.72. The number of hydrogen-bond acceptors (Lipinski definition) is 7. The first-order valence-corrected chi connectivity index (χ1v) is 27.3. The van der Waals surface area contributed by atoms with Crippen molar-refractivity contribution in [2.75, 3.05) is 7.11 Å². The highest BCUT2D eigenvalue weighted by molar-refractivity contribution is 5.89. The van der Waals surface area contributed by atoms with Crippen LogP contribution >= 0.6 is 0 Å². The van der Waals surface area contributed by atoms with Gasteiger partial charge < -0.3 is 19.3 Å². The number of fused-ring (bicyclic) bond motifs is 6. The number of ether oxygens (including phenoxy) is 3. The Kier molecular flexibility index (Phi) is 15.4. The average molecular weight is 941 g/mol. The van der Waals surface area contributed by atoms with E-state index in [0.717, 1.165) is 101 Å². The molecule has 4 atom stereocenters. The second-order valence-corrected chi connectivity index (χ2v) is 24.6. The molecule has 374 valence electrons. The largest absolute Gasteiger partial charge is 0.490 e. The van der Waals surface area contributed by atoms with Gasteiger partial charge in [-0.25, -0.2) is 0 Å². The van der Waals surface area contributed by atoms with Crippen molar-refractivity contribution in [2.24, 2.45) is 34.5 Å². The van der Waals surface area contributed by atoms with Crippen LogP contribution in [0, 0.1) is 34.5 Å². The molecular weight excluding hydrogens is 857 g/mol. The topological polar surface area (TPSA) is 88.5 Å². The van der Waals surface area contributed by atoms with E-state index in [1.807, 2.05) is 0 Å². The monoisotopic (exact) mass is 941 g/mol. The van der Waals surface area contributed by atoms with E-state index in [9.17, 15) is 14.7 Å². The Morgan fingerprint density at radius 2 is 0.928 bits per heavy atom. The lowest BCUT2D eigenvalue weighted by Crippen LogP contribution is -2.52. The molecule has 4 aliphatic heterocycles. The van der Waals surface area contributed by atoms with Crippen molar-refractivity contribution >= 4 is 33.5 Å². The summed E-state index contributed by atoms with van der Waals surface area (Å²) in [6.45, 7) is 16.1. The minimum absolute atomic E-state index is 0.0216. The van der Waals surface area contributed by atoms with Gasteiger partial charge in [0.2, 0.25) is 0 Å². The molecule has 10 rings (SSSR count). The number of carbonyl (C=O) groups is 2. The number of carboxylic acids is 1. The van der Waals surface area contributed by atoms with Gasteiger partial charge in [0.25, 0.3) is 0 Å². The summed E-state index contributed by atoms with van der Waals surface area (Å²) in [5, 5.41) is 14.5. The summed E-state index contributed by atoms with van der Waals surface area (Å²) in [4.78, 5) is 29.1. The maximum Gasteiger partial charge on any atom is 0.308 e. The van der Waals surface area contributed by atoms with Gasteiger partial charge in [0.1, 0.15) is 11.5 Å². The van der Waals surface area contributed by atoms with E-state index in [1.54, 1.807) is 0 Å². The van der Waals surface area contributed by atoms with Crippen molar-refractivity contribution in [3.63, 3.8) is 0 Å². The van der Waals surface area contributed by atoms with Crippen molar-refractivity contribution in [1.82, 2.24) is 9.80 Å². The summed E-state index contributed by atoms with van der Waals surface area (Å²) in [6, 6.07) is 28.4. The maximum absolute atomic E-state index is 12.2. The quantitative estimate of drug-likeness (QED) is 0.157. The zero-order valence-corrected chi connectivity index (χ0v) is 43.2. The molecule has 0 spiro atoms. The number of nitrogens with zero attached hydrogens (tertiary/aromatic N) is 2. The van der Waals surface area contributed by atoms with Gasteiger partial charge in [0, 0.05) is 48.0 Å². The number of rotatable bonds is 10. The summed E-state index contributed by atoms with van der Waals surface area (Å²) in [7, 11) is 1.52. The third-order valence-corrected chi connectivity index (χ3v) is 18.1. The van der Waals surface area contributed by atoms with Crippen LogP contribution in [0.1, 0.15) is 168 Å². The number of carbonyl (C=O) groups excluding carboxylic acids is 1. The molecule has 4 unspecified atom stereocenters. The highest BCUT2D eigenvalue weighted by atomic mass is 16.5. The molecule has 0 radical (unpaired) electrons. The van der Waals surface area contributed by atoms with Crippen LogP contribution < -0.4 is 9.47 Å². The van der Waals surface area contributed by atoms with E-state index < -0.39 is 5.97 Å². The van der Waals surface area contributed by atoms with Gasteiger partial charge in [-0.05, 0) is 172 Å². The van der Waals surface area contributed by atoms with E-state index >= 15 is 0 Å². The van der Waals surface area contributed by atoms with Gasteiger partial charge in [-0.1, -0.05) is 103 Å². The van der Waals surface area contributed by atoms with Gasteiger partial charge in [0.15, 0.2) is 0 Å². The number of hydrogen-bond donors (Lipinski definition) is 1. The molecular formula is C61H84N2O6. The maximum atomic E-state index is 12.2. The summed E-state index contributed by atoms with van der Waals surface area (Å²) in [5.74, 6) is 2.92. The van der Waals surface area contributed by atoms with E-state index in [2.05, 4.69) is 124 Å².